The largest absolute Gasteiger partial charge is 0.465 e. The van der Waals surface area contributed by atoms with Gasteiger partial charge in [0.1, 0.15) is 0 Å². The molecule has 0 bridgehead atoms. The van der Waals surface area contributed by atoms with Crippen LogP contribution in [-0.4, -0.2) is 31.4 Å². The van der Waals surface area contributed by atoms with Gasteiger partial charge in [-0.05, 0) is 69.5 Å². The van der Waals surface area contributed by atoms with Crippen LogP contribution >= 0.6 is 11.6 Å². The first-order valence-corrected chi connectivity index (χ1v) is 10.6. The maximum absolute atomic E-state index is 11.9. The molecule has 1 heterocycles. The van der Waals surface area contributed by atoms with Gasteiger partial charge in [0.2, 0.25) is 0 Å². The zero-order valence-corrected chi connectivity index (χ0v) is 19.3. The Kier molecular flexibility index (Phi) is 6.37. The highest BCUT2D eigenvalue weighted by Crippen LogP contribution is 2.41. The second-order valence-corrected chi connectivity index (χ2v) is 8.63. The Morgan fingerprint density at radius 1 is 1.27 bits per heavy atom. The normalized spacial score (nSPS) is 15.2. The summed E-state index contributed by atoms with van der Waals surface area (Å²) in [7, 11) is 1.38. The van der Waals surface area contributed by atoms with Gasteiger partial charge in [-0.3, -0.25) is 4.99 Å². The first kappa shape index (κ1) is 22.1. The summed E-state index contributed by atoms with van der Waals surface area (Å²) in [4.78, 5) is 19.0. The third-order valence-corrected chi connectivity index (χ3v) is 5.92. The number of methoxy groups -OCH3 is 1. The number of halogens is 1. The standard InChI is InChI=1S/C25H29ClN2O2/c1-7-11-28-23-13-21(26)18(12-20(23)16(2)14-25(28,4)5)15-27-22-10-8-9-19(17(22)3)24(29)30-6/h8-10,12-15H,7,11H2,1-6H3. The van der Waals surface area contributed by atoms with Gasteiger partial charge in [-0.2, -0.15) is 0 Å². The van der Waals surface area contributed by atoms with Crippen LogP contribution in [0.5, 0.6) is 0 Å². The van der Waals surface area contributed by atoms with Gasteiger partial charge in [0.15, 0.2) is 0 Å². The summed E-state index contributed by atoms with van der Waals surface area (Å²) in [5.41, 5.74) is 6.37. The van der Waals surface area contributed by atoms with Crippen LogP contribution in [0, 0.1) is 6.92 Å². The van der Waals surface area contributed by atoms with E-state index in [1.54, 1.807) is 18.3 Å². The number of benzene rings is 2. The van der Waals surface area contributed by atoms with Crippen molar-refractivity contribution in [1.29, 1.82) is 0 Å². The quantitative estimate of drug-likeness (QED) is 0.401. The predicted octanol–water partition coefficient (Wildman–Crippen LogP) is 6.60. The highest BCUT2D eigenvalue weighted by molar-refractivity contribution is 6.33. The minimum Gasteiger partial charge on any atom is -0.465 e. The maximum Gasteiger partial charge on any atom is 0.338 e. The van der Waals surface area contributed by atoms with Crippen LogP contribution < -0.4 is 4.90 Å². The van der Waals surface area contributed by atoms with Gasteiger partial charge in [0.05, 0.1) is 28.9 Å². The van der Waals surface area contributed by atoms with Crippen molar-refractivity contribution in [2.24, 2.45) is 4.99 Å². The Hall–Kier alpha value is -2.59. The summed E-state index contributed by atoms with van der Waals surface area (Å²) < 4.78 is 4.85. The first-order chi connectivity index (χ1) is 14.2. The highest BCUT2D eigenvalue weighted by atomic mass is 35.5. The molecule has 0 N–H and O–H groups in total. The highest BCUT2D eigenvalue weighted by Gasteiger charge is 2.31. The summed E-state index contributed by atoms with van der Waals surface area (Å²) in [5.74, 6) is -0.365. The molecule has 158 valence electrons. The lowest BCUT2D eigenvalue weighted by atomic mass is 9.88. The number of fused-ring (bicyclic) bond motifs is 1. The lowest BCUT2D eigenvalue weighted by molar-refractivity contribution is 0.0600. The minimum atomic E-state index is -0.365. The smallest absolute Gasteiger partial charge is 0.338 e. The Morgan fingerprint density at radius 3 is 2.67 bits per heavy atom. The van der Waals surface area contributed by atoms with Crippen LogP contribution in [0.4, 0.5) is 11.4 Å². The van der Waals surface area contributed by atoms with Gasteiger partial charge in [-0.15, -0.1) is 0 Å². The van der Waals surface area contributed by atoms with Crippen LogP contribution in [0.15, 0.2) is 41.4 Å². The molecule has 0 saturated heterocycles. The first-order valence-electron chi connectivity index (χ1n) is 10.2. The number of rotatable bonds is 5. The second kappa shape index (κ2) is 8.65. The van der Waals surface area contributed by atoms with Gasteiger partial charge in [-0.25, -0.2) is 4.79 Å². The molecule has 0 radical (unpaired) electrons. The molecule has 0 aromatic heterocycles. The second-order valence-electron chi connectivity index (χ2n) is 8.22. The molecule has 0 atom stereocenters. The van der Waals surface area contributed by atoms with Crippen LogP contribution in [-0.2, 0) is 4.74 Å². The fourth-order valence-corrected chi connectivity index (χ4v) is 4.29. The van der Waals surface area contributed by atoms with Crippen molar-refractivity contribution in [3.63, 3.8) is 0 Å². The minimum absolute atomic E-state index is 0.0581. The number of ether oxygens (including phenoxy) is 1. The Bertz CT molecular complexity index is 1040. The molecule has 0 aliphatic carbocycles. The third-order valence-electron chi connectivity index (χ3n) is 5.60. The number of esters is 1. The summed E-state index contributed by atoms with van der Waals surface area (Å²) >= 11 is 6.67. The fourth-order valence-electron chi connectivity index (χ4n) is 4.08. The van der Waals surface area contributed by atoms with E-state index in [4.69, 9.17) is 16.3 Å². The van der Waals surface area contributed by atoms with Crippen LogP contribution in [0.2, 0.25) is 5.02 Å². The maximum atomic E-state index is 11.9. The van der Waals surface area contributed by atoms with Crippen molar-refractivity contribution >= 4 is 40.7 Å². The summed E-state index contributed by atoms with van der Waals surface area (Å²) in [6.07, 6.45) is 5.14. The molecule has 3 rings (SSSR count). The number of anilines is 1. The number of carbonyl (C=O) groups excluding carboxylic acids is 1. The van der Waals surface area contributed by atoms with E-state index in [1.165, 1.54) is 18.2 Å². The molecular weight excluding hydrogens is 396 g/mol. The lowest BCUT2D eigenvalue weighted by Gasteiger charge is -2.43. The molecule has 5 heteroatoms. The number of nitrogens with zero attached hydrogens (tertiary/aromatic N) is 2. The van der Waals surface area contributed by atoms with Crippen molar-refractivity contribution in [3.05, 3.63) is 63.7 Å². The average molecular weight is 425 g/mol. The van der Waals surface area contributed by atoms with Crippen LogP contribution in [0.3, 0.4) is 0 Å². The van der Waals surface area contributed by atoms with Crippen molar-refractivity contribution in [2.45, 2.75) is 46.6 Å². The zero-order valence-electron chi connectivity index (χ0n) is 18.5. The molecule has 2 aromatic carbocycles. The van der Waals surface area contributed by atoms with E-state index < -0.39 is 0 Å². The fraction of sp³-hybridized carbons (Fsp3) is 0.360. The molecule has 0 amide bonds. The van der Waals surface area contributed by atoms with E-state index in [0.717, 1.165) is 29.8 Å². The zero-order chi connectivity index (χ0) is 22.1. The van der Waals surface area contributed by atoms with E-state index in [9.17, 15) is 4.79 Å². The van der Waals surface area contributed by atoms with Gasteiger partial charge < -0.3 is 9.64 Å². The van der Waals surface area contributed by atoms with Crippen molar-refractivity contribution in [2.75, 3.05) is 18.6 Å². The number of hydrogen-bond donors (Lipinski definition) is 0. The van der Waals surface area contributed by atoms with E-state index in [-0.39, 0.29) is 11.5 Å². The molecule has 0 saturated carbocycles. The molecule has 0 unspecified atom stereocenters. The topological polar surface area (TPSA) is 41.9 Å². The van der Waals surface area contributed by atoms with Gasteiger partial charge >= 0.3 is 5.97 Å². The Morgan fingerprint density at radius 2 is 2.00 bits per heavy atom. The van der Waals surface area contributed by atoms with Crippen molar-refractivity contribution in [1.82, 2.24) is 0 Å². The molecule has 0 fully saturated rings. The van der Waals surface area contributed by atoms with Gasteiger partial charge in [-0.1, -0.05) is 30.7 Å². The van der Waals surface area contributed by atoms with Gasteiger partial charge in [0.25, 0.3) is 0 Å². The molecule has 2 aromatic rings. The average Bonchev–Trinajstić information content (AvgIpc) is 2.69. The number of allylic oxidation sites excluding steroid dienone is 1. The van der Waals surface area contributed by atoms with Crippen LogP contribution in [0.1, 0.15) is 61.2 Å². The predicted molar refractivity (Wildman–Crippen MR) is 127 cm³/mol. The Balaban J connectivity index is 2.02. The van der Waals surface area contributed by atoms with E-state index in [2.05, 4.69) is 49.7 Å². The molecule has 1 aliphatic rings. The molecule has 1 aliphatic heterocycles. The number of hydrogen-bond acceptors (Lipinski definition) is 4. The summed E-state index contributed by atoms with van der Waals surface area (Å²) in [6, 6.07) is 9.57. The number of aliphatic imine (C=N–C) groups is 1. The van der Waals surface area contributed by atoms with E-state index >= 15 is 0 Å². The van der Waals surface area contributed by atoms with Crippen molar-refractivity contribution < 1.29 is 9.53 Å². The van der Waals surface area contributed by atoms with Crippen molar-refractivity contribution in [3.8, 4) is 0 Å². The van der Waals surface area contributed by atoms with E-state index in [1.807, 2.05) is 19.1 Å². The SMILES string of the molecule is CCCN1c2cc(Cl)c(C=Nc3cccc(C(=O)OC)c3C)cc2C(C)=CC1(C)C. The molecule has 0 spiro atoms. The van der Waals surface area contributed by atoms with E-state index in [0.29, 0.717) is 16.3 Å². The lowest BCUT2D eigenvalue weighted by Crippen LogP contribution is -2.45. The summed E-state index contributed by atoms with van der Waals surface area (Å²) in [5, 5.41) is 0.658. The molecule has 30 heavy (non-hydrogen) atoms. The summed E-state index contributed by atoms with van der Waals surface area (Å²) in [6.45, 7) is 11.6. The molecule has 4 nitrogen and oxygen atoms in total. The van der Waals surface area contributed by atoms with Crippen LogP contribution in [0.25, 0.3) is 5.57 Å². The third kappa shape index (κ3) is 4.15. The van der Waals surface area contributed by atoms with Gasteiger partial charge in [0, 0.05) is 29.6 Å². The Labute approximate surface area is 184 Å². The molecular formula is C25H29ClN2O2. The number of carbonyl (C=O) groups is 1. The monoisotopic (exact) mass is 424 g/mol.